The molecule has 0 saturated heterocycles. The lowest BCUT2D eigenvalue weighted by Crippen LogP contribution is -2.05. The summed E-state index contributed by atoms with van der Waals surface area (Å²) in [6.45, 7) is 12.8. The number of rotatable bonds is 4. The van der Waals surface area contributed by atoms with Crippen LogP contribution in [0, 0.1) is 0 Å². The fourth-order valence-corrected chi connectivity index (χ4v) is 2.56. The second-order valence-electron chi connectivity index (χ2n) is 4.32. The van der Waals surface area contributed by atoms with Crippen molar-refractivity contribution in [2.75, 3.05) is 0 Å². The minimum Gasteiger partial charge on any atom is -0.160 e. The first-order chi connectivity index (χ1) is 6.89. The molecule has 0 unspecified atom stereocenters. The van der Waals surface area contributed by atoms with Gasteiger partial charge < -0.3 is 0 Å². The third-order valence-corrected chi connectivity index (χ3v) is 5.01. The van der Waals surface area contributed by atoms with Crippen LogP contribution < -0.4 is 0 Å². The Balaban J connectivity index is 4.25. The van der Waals surface area contributed by atoms with Crippen LogP contribution in [-0.4, -0.2) is 15.5 Å². The molecule has 0 aliphatic carbocycles. The van der Waals surface area contributed by atoms with Crippen LogP contribution in [-0.2, 0) is 0 Å². The lowest BCUT2D eigenvalue weighted by Gasteiger charge is -2.16. The Morgan fingerprint density at radius 3 is 2.07 bits per heavy atom. The molecule has 0 aliphatic rings. The molecule has 0 radical (unpaired) electrons. The second-order valence-corrected chi connectivity index (χ2v) is 7.34. The van der Waals surface area contributed by atoms with E-state index in [1.165, 1.54) is 0 Å². The summed E-state index contributed by atoms with van der Waals surface area (Å²) < 4.78 is 0.268. The summed E-state index contributed by atoms with van der Waals surface area (Å²) in [5, 5.41) is 9.55. The molecule has 0 spiro atoms. The van der Waals surface area contributed by atoms with Gasteiger partial charge in [-0.2, -0.15) is 5.10 Å². The average Bonchev–Trinajstić information content (AvgIpc) is 2.16. The molecule has 15 heavy (non-hydrogen) atoms. The molecule has 0 fully saturated rings. The molecule has 0 amide bonds. The van der Waals surface area contributed by atoms with E-state index in [0.717, 1.165) is 23.6 Å². The van der Waals surface area contributed by atoms with Gasteiger partial charge >= 0.3 is 0 Å². The van der Waals surface area contributed by atoms with Gasteiger partial charge in [-0.15, -0.1) is 5.10 Å². The van der Waals surface area contributed by atoms with Crippen molar-refractivity contribution in [3.63, 3.8) is 0 Å². The molecular weight excluding hydrogens is 224 g/mol. The molecule has 0 heterocycles. The Morgan fingerprint density at radius 2 is 1.67 bits per heavy atom. The molecular formula is C11H22N2S2. The molecule has 0 atom stereocenters. The van der Waals surface area contributed by atoms with Crippen LogP contribution in [0.25, 0.3) is 0 Å². The van der Waals surface area contributed by atoms with E-state index >= 15 is 0 Å². The second kappa shape index (κ2) is 7.34. The Labute approximate surface area is 102 Å². The number of hydrogen-bond donors (Lipinski definition) is 0. The summed E-state index contributed by atoms with van der Waals surface area (Å²) in [6.07, 6.45) is 1.92. The molecule has 0 aliphatic heterocycles. The van der Waals surface area contributed by atoms with Crippen LogP contribution in [0.2, 0.25) is 0 Å². The molecule has 0 N–H and O–H groups in total. The van der Waals surface area contributed by atoms with Gasteiger partial charge in [-0.3, -0.25) is 0 Å². The van der Waals surface area contributed by atoms with E-state index in [-0.39, 0.29) is 4.75 Å². The maximum Gasteiger partial charge on any atom is 0.106 e. The van der Waals surface area contributed by atoms with Crippen molar-refractivity contribution in [2.45, 2.75) is 59.1 Å². The van der Waals surface area contributed by atoms with Gasteiger partial charge in [0, 0.05) is 10.5 Å². The summed E-state index contributed by atoms with van der Waals surface area (Å²) in [6, 6.07) is 0. The van der Waals surface area contributed by atoms with E-state index in [9.17, 15) is 0 Å². The van der Waals surface area contributed by atoms with Gasteiger partial charge in [-0.25, -0.2) is 0 Å². The zero-order chi connectivity index (χ0) is 11.9. The van der Waals surface area contributed by atoms with Gasteiger partial charge in [0.2, 0.25) is 0 Å². The van der Waals surface area contributed by atoms with Crippen molar-refractivity contribution in [3.8, 4) is 0 Å². The van der Waals surface area contributed by atoms with E-state index in [1.807, 2.05) is 17.7 Å². The van der Waals surface area contributed by atoms with Crippen LogP contribution in [0.5, 0.6) is 0 Å². The molecule has 2 nitrogen and oxygen atoms in total. The molecule has 88 valence electrons. The van der Waals surface area contributed by atoms with E-state index in [2.05, 4.69) is 44.8 Å². The topological polar surface area (TPSA) is 24.7 Å². The predicted octanol–water partition coefficient (Wildman–Crippen LogP) is 4.76. The Morgan fingerprint density at radius 1 is 1.07 bits per heavy atom. The highest BCUT2D eigenvalue weighted by Gasteiger charge is 2.12. The van der Waals surface area contributed by atoms with Crippen LogP contribution in [0.15, 0.2) is 10.2 Å². The Bertz CT molecular complexity index is 239. The summed E-state index contributed by atoms with van der Waals surface area (Å²) >= 11 is 0. The third kappa shape index (κ3) is 9.00. The van der Waals surface area contributed by atoms with Crippen molar-refractivity contribution < 1.29 is 0 Å². The van der Waals surface area contributed by atoms with Gasteiger partial charge in [-0.1, -0.05) is 45.4 Å². The molecule has 0 rings (SSSR count). The monoisotopic (exact) mass is 246 g/mol. The Kier molecular flexibility index (Phi) is 7.36. The lowest BCUT2D eigenvalue weighted by atomic mass is 10.3. The summed E-state index contributed by atoms with van der Waals surface area (Å²) in [7, 11) is 3.58. The first-order valence-corrected chi connectivity index (χ1v) is 7.49. The van der Waals surface area contributed by atoms with Gasteiger partial charge in [0.15, 0.2) is 0 Å². The number of hydrogen-bond acceptors (Lipinski definition) is 4. The van der Waals surface area contributed by atoms with E-state index in [0.29, 0.717) is 0 Å². The predicted molar refractivity (Wildman–Crippen MR) is 76.1 cm³/mol. The van der Waals surface area contributed by atoms with Crippen molar-refractivity contribution in [1.29, 1.82) is 0 Å². The quantitative estimate of drug-likeness (QED) is 0.309. The van der Waals surface area contributed by atoms with E-state index in [4.69, 9.17) is 0 Å². The average molecular weight is 246 g/mol. The standard InChI is InChI=1S/C11H22N2S2/c1-7-9(3)12-13-10(8-2)14-15-11(4,5)6/h7-8H2,1-6H3/b12-9+,13-10+. The van der Waals surface area contributed by atoms with Crippen LogP contribution >= 0.6 is 21.6 Å². The zero-order valence-corrected chi connectivity index (χ0v) is 12.3. The maximum absolute atomic E-state index is 4.26. The van der Waals surface area contributed by atoms with Crippen molar-refractivity contribution in [2.24, 2.45) is 10.2 Å². The first-order valence-electron chi connectivity index (χ1n) is 5.34. The largest absolute Gasteiger partial charge is 0.160 e. The van der Waals surface area contributed by atoms with E-state index < -0.39 is 0 Å². The number of nitrogens with zero attached hydrogens (tertiary/aromatic N) is 2. The highest BCUT2D eigenvalue weighted by molar-refractivity contribution is 8.82. The SMILES string of the molecule is CC/C(C)=N/N=C(\CC)SSC(C)(C)C. The zero-order valence-electron chi connectivity index (χ0n) is 10.6. The summed E-state index contributed by atoms with van der Waals surface area (Å²) in [5.74, 6) is 0. The lowest BCUT2D eigenvalue weighted by molar-refractivity contribution is 0.810. The van der Waals surface area contributed by atoms with E-state index in [1.54, 1.807) is 10.8 Å². The molecule has 0 aromatic carbocycles. The molecule has 0 aromatic rings. The smallest absolute Gasteiger partial charge is 0.106 e. The van der Waals surface area contributed by atoms with Gasteiger partial charge in [0.05, 0.1) is 0 Å². The van der Waals surface area contributed by atoms with Crippen molar-refractivity contribution in [3.05, 3.63) is 0 Å². The van der Waals surface area contributed by atoms with Crippen LogP contribution in [0.3, 0.4) is 0 Å². The van der Waals surface area contributed by atoms with Gasteiger partial charge in [0.1, 0.15) is 5.04 Å². The Hall–Kier alpha value is 0.0400. The molecule has 4 heteroatoms. The molecule has 0 bridgehead atoms. The van der Waals surface area contributed by atoms with Crippen LogP contribution in [0.1, 0.15) is 54.4 Å². The van der Waals surface area contributed by atoms with Crippen molar-refractivity contribution >= 4 is 32.3 Å². The minimum atomic E-state index is 0.268. The third-order valence-electron chi connectivity index (χ3n) is 1.53. The van der Waals surface area contributed by atoms with Crippen molar-refractivity contribution in [1.82, 2.24) is 0 Å². The fraction of sp³-hybridized carbons (Fsp3) is 0.818. The normalized spacial score (nSPS) is 14.5. The first kappa shape index (κ1) is 15.0. The van der Waals surface area contributed by atoms with Gasteiger partial charge in [0.25, 0.3) is 0 Å². The summed E-state index contributed by atoms with van der Waals surface area (Å²) in [4.78, 5) is 0. The summed E-state index contributed by atoms with van der Waals surface area (Å²) in [5.41, 5.74) is 1.09. The highest BCUT2D eigenvalue weighted by atomic mass is 33.1. The van der Waals surface area contributed by atoms with Gasteiger partial charge in [-0.05, 0) is 30.6 Å². The maximum atomic E-state index is 4.26. The van der Waals surface area contributed by atoms with Crippen LogP contribution in [0.4, 0.5) is 0 Å². The highest BCUT2D eigenvalue weighted by Crippen LogP contribution is 2.36. The fourth-order valence-electron chi connectivity index (χ4n) is 0.531. The minimum absolute atomic E-state index is 0.268. The molecule has 0 aromatic heterocycles. The molecule has 0 saturated carbocycles.